The van der Waals surface area contributed by atoms with Crippen LogP contribution in [0, 0.1) is 12.8 Å². The zero-order chi connectivity index (χ0) is 13.0. The van der Waals surface area contributed by atoms with Crippen LogP contribution in [0.5, 0.6) is 0 Å². The number of halogens is 1. The van der Waals surface area contributed by atoms with Crippen LogP contribution in [0.1, 0.15) is 17.5 Å². The second-order valence-electron chi connectivity index (χ2n) is 4.91. The van der Waals surface area contributed by atoms with E-state index in [-0.39, 0.29) is 5.91 Å². The number of aryl methyl sites for hydroxylation is 2. The van der Waals surface area contributed by atoms with E-state index >= 15 is 0 Å². The third-order valence-electron chi connectivity index (χ3n) is 3.32. The summed E-state index contributed by atoms with van der Waals surface area (Å²) in [7, 11) is 0. The Bertz CT molecular complexity index is 430. The summed E-state index contributed by atoms with van der Waals surface area (Å²) in [6.07, 6.45) is 1.38. The van der Waals surface area contributed by atoms with Crippen LogP contribution in [0.3, 0.4) is 0 Å². The molecule has 2 N–H and O–H groups in total. The molecule has 0 unspecified atom stereocenters. The van der Waals surface area contributed by atoms with Crippen molar-refractivity contribution in [3.8, 4) is 0 Å². The van der Waals surface area contributed by atoms with Gasteiger partial charge in [-0.2, -0.15) is 0 Å². The molecule has 1 aliphatic heterocycles. The van der Waals surface area contributed by atoms with Gasteiger partial charge in [0.1, 0.15) is 0 Å². The number of hydrogen-bond acceptors (Lipinski definition) is 2. The van der Waals surface area contributed by atoms with E-state index in [2.05, 4.69) is 45.6 Å². The van der Waals surface area contributed by atoms with E-state index in [4.69, 9.17) is 0 Å². The number of benzene rings is 1. The molecule has 1 aromatic rings. The minimum atomic E-state index is 0.155. The van der Waals surface area contributed by atoms with E-state index in [1.807, 2.05) is 6.07 Å². The fourth-order valence-electron chi connectivity index (χ4n) is 1.96. The number of hydrogen-bond donors (Lipinski definition) is 2. The highest BCUT2D eigenvalue weighted by atomic mass is 79.9. The summed E-state index contributed by atoms with van der Waals surface area (Å²) in [5.41, 5.74) is 2.43. The molecule has 4 heteroatoms. The third-order valence-corrected chi connectivity index (χ3v) is 4.21. The largest absolute Gasteiger partial charge is 0.356 e. The van der Waals surface area contributed by atoms with Crippen molar-refractivity contribution in [3.05, 3.63) is 33.8 Å². The smallest absolute Gasteiger partial charge is 0.220 e. The summed E-state index contributed by atoms with van der Waals surface area (Å²) in [5.74, 6) is 0.784. The first-order chi connectivity index (χ1) is 8.65. The van der Waals surface area contributed by atoms with Crippen LogP contribution in [-0.4, -0.2) is 25.5 Å². The second-order valence-corrected chi connectivity index (χ2v) is 5.77. The van der Waals surface area contributed by atoms with Gasteiger partial charge in [0, 0.05) is 36.4 Å². The molecule has 0 atom stereocenters. The maximum absolute atomic E-state index is 11.7. The van der Waals surface area contributed by atoms with Crippen molar-refractivity contribution in [2.75, 3.05) is 19.6 Å². The molecule has 0 spiro atoms. The number of carbonyl (C=O) groups excluding carboxylic acids is 1. The quantitative estimate of drug-likeness (QED) is 0.873. The molecule has 1 amide bonds. The third kappa shape index (κ3) is 3.82. The lowest BCUT2D eigenvalue weighted by Gasteiger charge is -2.27. The first-order valence-electron chi connectivity index (χ1n) is 6.37. The molecule has 0 bridgehead atoms. The Kier molecular flexibility index (Phi) is 4.78. The van der Waals surface area contributed by atoms with Gasteiger partial charge in [0.05, 0.1) is 0 Å². The van der Waals surface area contributed by atoms with Gasteiger partial charge in [0.25, 0.3) is 0 Å². The molecule has 0 saturated carbocycles. The predicted molar refractivity (Wildman–Crippen MR) is 76.6 cm³/mol. The van der Waals surface area contributed by atoms with Crippen molar-refractivity contribution >= 4 is 21.8 Å². The van der Waals surface area contributed by atoms with Crippen molar-refractivity contribution < 1.29 is 4.79 Å². The summed E-state index contributed by atoms with van der Waals surface area (Å²) >= 11 is 3.48. The van der Waals surface area contributed by atoms with E-state index in [1.54, 1.807) is 0 Å². The van der Waals surface area contributed by atoms with Gasteiger partial charge in [-0.25, -0.2) is 0 Å². The zero-order valence-corrected chi connectivity index (χ0v) is 12.2. The van der Waals surface area contributed by atoms with E-state index in [0.717, 1.165) is 30.5 Å². The average molecular weight is 311 g/mol. The number of carbonyl (C=O) groups is 1. The van der Waals surface area contributed by atoms with Crippen molar-refractivity contribution in [1.29, 1.82) is 0 Å². The van der Waals surface area contributed by atoms with Gasteiger partial charge < -0.3 is 10.6 Å². The van der Waals surface area contributed by atoms with Gasteiger partial charge in [-0.15, -0.1) is 0 Å². The molecule has 1 aromatic carbocycles. The molecule has 1 heterocycles. The highest BCUT2D eigenvalue weighted by Crippen LogP contribution is 2.17. The monoisotopic (exact) mass is 310 g/mol. The molecular weight excluding hydrogens is 292 g/mol. The molecule has 0 radical (unpaired) electrons. The Labute approximate surface area is 116 Å². The maximum Gasteiger partial charge on any atom is 0.220 e. The molecule has 1 aliphatic rings. The molecule has 3 nitrogen and oxygen atoms in total. The van der Waals surface area contributed by atoms with Gasteiger partial charge in [0.15, 0.2) is 0 Å². The molecule has 1 saturated heterocycles. The number of rotatable bonds is 5. The first kappa shape index (κ1) is 13.6. The fourth-order valence-corrected chi connectivity index (χ4v) is 2.21. The molecule has 1 fully saturated rings. The molecule has 98 valence electrons. The number of amides is 1. The Morgan fingerprint density at radius 3 is 2.89 bits per heavy atom. The normalized spacial score (nSPS) is 15.2. The first-order valence-corrected chi connectivity index (χ1v) is 7.17. The van der Waals surface area contributed by atoms with E-state index in [0.29, 0.717) is 12.3 Å². The molecular formula is C14H19BrN2O. The van der Waals surface area contributed by atoms with Crippen molar-refractivity contribution in [2.24, 2.45) is 5.92 Å². The Hall–Kier alpha value is -0.870. The topological polar surface area (TPSA) is 41.1 Å². The summed E-state index contributed by atoms with van der Waals surface area (Å²) < 4.78 is 1.12. The van der Waals surface area contributed by atoms with Gasteiger partial charge in [-0.3, -0.25) is 4.79 Å². The summed E-state index contributed by atoms with van der Waals surface area (Å²) in [5, 5.41) is 6.19. The molecule has 0 aliphatic carbocycles. The van der Waals surface area contributed by atoms with Crippen LogP contribution >= 0.6 is 15.9 Å². The lowest BCUT2D eigenvalue weighted by atomic mass is 10.0. The lowest BCUT2D eigenvalue weighted by Crippen LogP contribution is -2.48. The van der Waals surface area contributed by atoms with Crippen molar-refractivity contribution in [3.63, 3.8) is 0 Å². The van der Waals surface area contributed by atoms with Gasteiger partial charge in [0.2, 0.25) is 5.91 Å². The summed E-state index contributed by atoms with van der Waals surface area (Å²) in [4.78, 5) is 11.7. The van der Waals surface area contributed by atoms with Crippen LogP contribution in [0.2, 0.25) is 0 Å². The van der Waals surface area contributed by atoms with Crippen LogP contribution in [0.25, 0.3) is 0 Å². The highest BCUT2D eigenvalue weighted by Gasteiger charge is 2.16. The predicted octanol–water partition coefficient (Wildman–Crippen LogP) is 2.03. The van der Waals surface area contributed by atoms with E-state index in [1.165, 1.54) is 11.1 Å². The standard InChI is InChI=1S/C14H19BrN2O/c1-10-6-11(2-4-13(10)15)3-5-14(18)17-9-12-7-16-8-12/h2,4,6,12,16H,3,5,7-9H2,1H3,(H,17,18). The van der Waals surface area contributed by atoms with Gasteiger partial charge >= 0.3 is 0 Å². The second kappa shape index (κ2) is 6.34. The molecule has 18 heavy (non-hydrogen) atoms. The SMILES string of the molecule is Cc1cc(CCC(=O)NCC2CNC2)ccc1Br. The Morgan fingerprint density at radius 1 is 1.50 bits per heavy atom. The minimum Gasteiger partial charge on any atom is -0.356 e. The van der Waals surface area contributed by atoms with Gasteiger partial charge in [-0.05, 0) is 30.5 Å². The molecule has 0 aromatic heterocycles. The minimum absolute atomic E-state index is 0.155. The lowest BCUT2D eigenvalue weighted by molar-refractivity contribution is -0.121. The zero-order valence-electron chi connectivity index (χ0n) is 10.6. The van der Waals surface area contributed by atoms with E-state index < -0.39 is 0 Å². The highest BCUT2D eigenvalue weighted by molar-refractivity contribution is 9.10. The summed E-state index contributed by atoms with van der Waals surface area (Å²) in [6, 6.07) is 6.25. The van der Waals surface area contributed by atoms with Crippen molar-refractivity contribution in [2.45, 2.75) is 19.8 Å². The number of nitrogens with one attached hydrogen (secondary N) is 2. The summed E-state index contributed by atoms with van der Waals surface area (Å²) in [6.45, 7) is 4.95. The van der Waals surface area contributed by atoms with Crippen molar-refractivity contribution in [1.82, 2.24) is 10.6 Å². The van der Waals surface area contributed by atoms with Gasteiger partial charge in [-0.1, -0.05) is 28.1 Å². The maximum atomic E-state index is 11.7. The Morgan fingerprint density at radius 2 is 2.28 bits per heavy atom. The van der Waals surface area contributed by atoms with E-state index in [9.17, 15) is 4.79 Å². The fraction of sp³-hybridized carbons (Fsp3) is 0.500. The molecule has 2 rings (SSSR count). The Balaban J connectivity index is 1.72. The van der Waals surface area contributed by atoms with Crippen LogP contribution < -0.4 is 10.6 Å². The van der Waals surface area contributed by atoms with Crippen LogP contribution in [-0.2, 0) is 11.2 Å². The van der Waals surface area contributed by atoms with Crippen LogP contribution in [0.4, 0.5) is 0 Å². The van der Waals surface area contributed by atoms with Crippen LogP contribution in [0.15, 0.2) is 22.7 Å². The average Bonchev–Trinajstić information content (AvgIpc) is 2.29.